The third-order valence-corrected chi connectivity index (χ3v) is 5.34. The summed E-state index contributed by atoms with van der Waals surface area (Å²) in [5, 5.41) is 0.725. The fourth-order valence-corrected chi connectivity index (χ4v) is 4.30. The molecule has 1 aromatic heterocycles. The Kier molecular flexibility index (Phi) is 4.52. The zero-order chi connectivity index (χ0) is 12.6. The van der Waals surface area contributed by atoms with Crippen LogP contribution in [-0.4, -0.2) is 0 Å². The van der Waals surface area contributed by atoms with Crippen LogP contribution in [0.1, 0.15) is 22.0 Å². The molecule has 2 N–H and O–H groups in total. The summed E-state index contributed by atoms with van der Waals surface area (Å²) in [5.74, 6) is 0. The maximum atomic E-state index is 6.32. The first kappa shape index (κ1) is 13.8. The molecular weight excluding hydrogens is 432 g/mol. The molecule has 0 bridgehead atoms. The van der Waals surface area contributed by atoms with Gasteiger partial charge in [0.2, 0.25) is 0 Å². The third-order valence-electron chi connectivity index (χ3n) is 2.55. The summed E-state index contributed by atoms with van der Waals surface area (Å²) in [4.78, 5) is 1.24. The van der Waals surface area contributed by atoms with E-state index in [0.29, 0.717) is 0 Å². The van der Waals surface area contributed by atoms with Crippen molar-refractivity contribution in [1.29, 1.82) is 0 Å². The fraction of sp³-hybridized carbons (Fsp3) is 0.167. The largest absolute Gasteiger partial charge is 0.320 e. The number of rotatable bonds is 2. The number of benzene rings is 1. The summed E-state index contributed by atoms with van der Waals surface area (Å²) in [6, 6.07) is 7.79. The van der Waals surface area contributed by atoms with Crippen LogP contribution in [0.5, 0.6) is 0 Å². The molecular formula is C12H10BrClINS. The Morgan fingerprint density at radius 2 is 2.06 bits per heavy atom. The highest BCUT2D eigenvalue weighted by molar-refractivity contribution is 14.1. The first-order valence-electron chi connectivity index (χ1n) is 4.95. The lowest BCUT2D eigenvalue weighted by Crippen LogP contribution is -2.13. The van der Waals surface area contributed by atoms with Crippen molar-refractivity contribution < 1.29 is 0 Å². The van der Waals surface area contributed by atoms with E-state index in [1.165, 1.54) is 4.88 Å². The Labute approximate surface area is 132 Å². The van der Waals surface area contributed by atoms with Crippen molar-refractivity contribution in [3.8, 4) is 0 Å². The maximum Gasteiger partial charge on any atom is 0.0704 e. The lowest BCUT2D eigenvalue weighted by atomic mass is 10.0. The second kappa shape index (κ2) is 5.57. The molecule has 1 unspecified atom stereocenters. The van der Waals surface area contributed by atoms with Crippen LogP contribution in [0.3, 0.4) is 0 Å². The van der Waals surface area contributed by atoms with Crippen molar-refractivity contribution in [2.45, 2.75) is 13.0 Å². The van der Waals surface area contributed by atoms with E-state index in [1.54, 1.807) is 11.3 Å². The molecule has 1 heterocycles. The van der Waals surface area contributed by atoms with Gasteiger partial charge in [-0.25, -0.2) is 0 Å². The number of hydrogen-bond donors (Lipinski definition) is 1. The van der Waals surface area contributed by atoms with Crippen molar-refractivity contribution in [2.75, 3.05) is 0 Å². The van der Waals surface area contributed by atoms with Crippen LogP contribution in [0.15, 0.2) is 28.1 Å². The Balaban J connectivity index is 2.46. The molecule has 0 aliphatic carbocycles. The summed E-state index contributed by atoms with van der Waals surface area (Å²) < 4.78 is 2.25. The number of halogens is 3. The molecule has 0 spiro atoms. The monoisotopic (exact) mass is 441 g/mol. The average molecular weight is 443 g/mol. The fourth-order valence-electron chi connectivity index (χ4n) is 1.69. The van der Waals surface area contributed by atoms with Crippen molar-refractivity contribution in [2.24, 2.45) is 5.73 Å². The average Bonchev–Trinajstić information content (AvgIpc) is 2.60. The standard InChI is InChI=1S/C12H10BrClINS/c1-6-8(5-11(13)17-6)12(16)9-4-7(14)2-3-10(9)15/h2-5,12H,16H2,1H3. The van der Waals surface area contributed by atoms with Crippen molar-refractivity contribution in [3.05, 3.63) is 52.6 Å². The molecule has 0 aliphatic rings. The third kappa shape index (κ3) is 3.04. The number of nitrogens with two attached hydrogens (primary N) is 1. The summed E-state index contributed by atoms with van der Waals surface area (Å²) in [5.41, 5.74) is 8.55. The predicted molar refractivity (Wildman–Crippen MR) is 87.0 cm³/mol. The van der Waals surface area contributed by atoms with E-state index in [9.17, 15) is 0 Å². The predicted octanol–water partition coefficient (Wildman–Crippen LogP) is 5.13. The second-order valence-corrected chi connectivity index (χ2v) is 7.94. The minimum Gasteiger partial charge on any atom is -0.320 e. The summed E-state index contributed by atoms with van der Waals surface area (Å²) in [6.45, 7) is 2.09. The molecule has 1 aromatic carbocycles. The van der Waals surface area contributed by atoms with Crippen molar-refractivity contribution in [3.63, 3.8) is 0 Å². The summed E-state index contributed by atoms with van der Waals surface area (Å²) in [7, 11) is 0. The quantitative estimate of drug-likeness (QED) is 0.642. The molecule has 0 fully saturated rings. The van der Waals surface area contributed by atoms with E-state index in [4.69, 9.17) is 17.3 Å². The van der Waals surface area contributed by atoms with Gasteiger partial charge in [0, 0.05) is 13.5 Å². The van der Waals surface area contributed by atoms with Gasteiger partial charge in [-0.2, -0.15) is 0 Å². The van der Waals surface area contributed by atoms with Gasteiger partial charge in [0.05, 0.1) is 9.83 Å². The molecule has 90 valence electrons. The van der Waals surface area contributed by atoms with Gasteiger partial charge in [-0.05, 0) is 80.8 Å². The lowest BCUT2D eigenvalue weighted by Gasteiger charge is -2.14. The molecule has 0 amide bonds. The van der Waals surface area contributed by atoms with Crippen LogP contribution in [0.2, 0.25) is 5.02 Å². The minimum atomic E-state index is -0.122. The molecule has 1 atom stereocenters. The maximum absolute atomic E-state index is 6.32. The highest BCUT2D eigenvalue weighted by atomic mass is 127. The van der Waals surface area contributed by atoms with Crippen molar-refractivity contribution in [1.82, 2.24) is 0 Å². The Bertz CT molecular complexity index is 555. The van der Waals surface area contributed by atoms with Gasteiger partial charge in [0.15, 0.2) is 0 Å². The SMILES string of the molecule is Cc1sc(Br)cc1C(N)c1cc(Cl)ccc1I. The number of thiophene rings is 1. The Morgan fingerprint density at radius 3 is 2.65 bits per heavy atom. The van der Waals surface area contributed by atoms with E-state index in [2.05, 4.69) is 51.5 Å². The molecule has 0 saturated heterocycles. The van der Waals surface area contributed by atoms with Crippen LogP contribution < -0.4 is 5.73 Å². The van der Waals surface area contributed by atoms with Gasteiger partial charge in [-0.3, -0.25) is 0 Å². The van der Waals surface area contributed by atoms with Crippen LogP contribution in [0.4, 0.5) is 0 Å². The summed E-state index contributed by atoms with van der Waals surface area (Å²) in [6.07, 6.45) is 0. The van der Waals surface area contributed by atoms with Crippen LogP contribution in [0, 0.1) is 10.5 Å². The first-order chi connectivity index (χ1) is 7.99. The van der Waals surface area contributed by atoms with Crippen LogP contribution in [-0.2, 0) is 0 Å². The minimum absolute atomic E-state index is 0.122. The Hall–Kier alpha value is 0.380. The number of aryl methyl sites for hydroxylation is 1. The molecule has 0 radical (unpaired) electrons. The van der Waals surface area contributed by atoms with E-state index < -0.39 is 0 Å². The summed E-state index contributed by atoms with van der Waals surface area (Å²) >= 11 is 13.5. The van der Waals surface area contributed by atoms with E-state index in [1.807, 2.05) is 18.2 Å². The van der Waals surface area contributed by atoms with Gasteiger partial charge in [-0.1, -0.05) is 11.6 Å². The molecule has 1 nitrogen and oxygen atoms in total. The van der Waals surface area contributed by atoms with E-state index in [0.717, 1.165) is 23.5 Å². The van der Waals surface area contributed by atoms with Gasteiger partial charge >= 0.3 is 0 Å². The van der Waals surface area contributed by atoms with Crippen LogP contribution >= 0.6 is 61.5 Å². The molecule has 2 aromatic rings. The molecule has 5 heteroatoms. The van der Waals surface area contributed by atoms with Gasteiger partial charge in [0.1, 0.15) is 0 Å². The molecule has 2 rings (SSSR count). The normalized spacial score (nSPS) is 12.8. The first-order valence-corrected chi connectivity index (χ1v) is 8.02. The molecule has 0 aliphatic heterocycles. The molecule has 0 saturated carbocycles. The van der Waals surface area contributed by atoms with Crippen molar-refractivity contribution >= 4 is 61.5 Å². The van der Waals surface area contributed by atoms with E-state index in [-0.39, 0.29) is 6.04 Å². The highest BCUT2D eigenvalue weighted by Gasteiger charge is 2.16. The van der Waals surface area contributed by atoms with Gasteiger partial charge < -0.3 is 5.73 Å². The zero-order valence-corrected chi connectivity index (χ0v) is 14.3. The second-order valence-electron chi connectivity index (χ2n) is 3.71. The Morgan fingerprint density at radius 1 is 1.35 bits per heavy atom. The topological polar surface area (TPSA) is 26.0 Å². The van der Waals surface area contributed by atoms with Gasteiger partial charge in [-0.15, -0.1) is 11.3 Å². The lowest BCUT2D eigenvalue weighted by molar-refractivity contribution is 0.863. The van der Waals surface area contributed by atoms with E-state index >= 15 is 0 Å². The highest BCUT2D eigenvalue weighted by Crippen LogP contribution is 2.34. The van der Waals surface area contributed by atoms with Gasteiger partial charge in [0.25, 0.3) is 0 Å². The smallest absolute Gasteiger partial charge is 0.0704 e. The zero-order valence-electron chi connectivity index (χ0n) is 9.01. The number of hydrogen-bond acceptors (Lipinski definition) is 2. The van der Waals surface area contributed by atoms with Crippen LogP contribution in [0.25, 0.3) is 0 Å². The molecule has 17 heavy (non-hydrogen) atoms.